The summed E-state index contributed by atoms with van der Waals surface area (Å²) in [6.07, 6.45) is 0. The largest absolute Gasteiger partial charge is 0.236 e. The van der Waals surface area contributed by atoms with Crippen molar-refractivity contribution >= 4 is 27.4 Å². The molecule has 0 aromatic heterocycles. The Morgan fingerprint density at radius 2 is 2.15 bits per heavy atom. The maximum atomic E-state index is 10.5. The van der Waals surface area contributed by atoms with Crippen LogP contribution in [0.1, 0.15) is 0 Å². The van der Waals surface area contributed by atoms with Crippen molar-refractivity contribution < 1.29 is 4.79 Å². The smallest absolute Gasteiger partial charge is 0.153 e. The minimum Gasteiger partial charge on any atom is -0.236 e. The van der Waals surface area contributed by atoms with Gasteiger partial charge in [0.1, 0.15) is 0 Å². The Labute approximate surface area is 83.4 Å². The van der Waals surface area contributed by atoms with Crippen LogP contribution in [0, 0.1) is 0 Å². The van der Waals surface area contributed by atoms with Crippen LogP contribution in [0.4, 0.5) is 0 Å². The number of benzene rings is 1. The van der Waals surface area contributed by atoms with E-state index in [9.17, 15) is 4.79 Å². The van der Waals surface area contributed by atoms with Gasteiger partial charge in [0, 0.05) is 16.1 Å². The van der Waals surface area contributed by atoms with Crippen LogP contribution < -0.4 is 10.6 Å². The lowest BCUT2D eigenvalue weighted by Crippen LogP contribution is -2.22. The number of fused-ring (bicyclic) bond motifs is 1. The molecule has 0 radical (unpaired) electrons. The second kappa shape index (κ2) is 3.29. The first-order valence-corrected chi connectivity index (χ1v) is 4.97. The molecule has 0 unspecified atom stereocenters. The summed E-state index contributed by atoms with van der Waals surface area (Å²) >= 11 is 3.33. The van der Waals surface area contributed by atoms with Gasteiger partial charge in [-0.15, -0.1) is 0 Å². The van der Waals surface area contributed by atoms with E-state index in [-0.39, 0.29) is 0 Å². The Balaban J connectivity index is 2.91. The molecule has 2 rings (SSSR count). The molecule has 0 fully saturated rings. The Kier molecular flexibility index (Phi) is 2.13. The predicted molar refractivity (Wildman–Crippen MR) is 53.6 cm³/mol. The van der Waals surface area contributed by atoms with Gasteiger partial charge in [0.05, 0.1) is 5.36 Å². The van der Waals surface area contributed by atoms with E-state index >= 15 is 0 Å². The number of rotatable bonds is 1. The standard InChI is InChI=1S/C10H6BrNO/c11-5-8-7-3-1-2-4-9(7)12-10(8)6-13/h1-4H,5H2. The Morgan fingerprint density at radius 1 is 1.38 bits per heavy atom. The van der Waals surface area contributed by atoms with E-state index in [0.29, 0.717) is 11.0 Å². The lowest BCUT2D eigenvalue weighted by atomic mass is 10.2. The van der Waals surface area contributed by atoms with Gasteiger partial charge in [0.2, 0.25) is 0 Å². The highest BCUT2D eigenvalue weighted by atomic mass is 79.9. The van der Waals surface area contributed by atoms with Gasteiger partial charge < -0.3 is 0 Å². The van der Waals surface area contributed by atoms with Gasteiger partial charge in [-0.3, -0.25) is 0 Å². The average Bonchev–Trinajstić information content (AvgIpc) is 2.55. The summed E-state index contributed by atoms with van der Waals surface area (Å²) in [5, 5.41) is 2.52. The summed E-state index contributed by atoms with van der Waals surface area (Å²) < 4.78 is 0. The van der Waals surface area contributed by atoms with Crippen molar-refractivity contribution in [3.8, 4) is 0 Å². The van der Waals surface area contributed by atoms with Crippen molar-refractivity contribution in [2.24, 2.45) is 4.99 Å². The van der Waals surface area contributed by atoms with Crippen molar-refractivity contribution in [3.05, 3.63) is 40.5 Å². The summed E-state index contributed by atoms with van der Waals surface area (Å²) in [7, 11) is 0. The molecule has 0 atom stereocenters. The molecule has 2 nitrogen and oxygen atoms in total. The van der Waals surface area contributed by atoms with E-state index in [1.165, 1.54) is 0 Å². The summed E-state index contributed by atoms with van der Waals surface area (Å²) in [6, 6.07) is 7.69. The minimum absolute atomic E-state index is 0.415. The molecule has 1 aliphatic rings. The van der Waals surface area contributed by atoms with E-state index in [0.717, 1.165) is 16.1 Å². The number of halogens is 1. The number of alkyl halides is 1. The lowest BCUT2D eigenvalue weighted by Gasteiger charge is -1.91. The van der Waals surface area contributed by atoms with E-state index < -0.39 is 0 Å². The van der Waals surface area contributed by atoms with Crippen LogP contribution >= 0.6 is 15.9 Å². The van der Waals surface area contributed by atoms with Crippen LogP contribution in [-0.2, 0) is 4.79 Å². The number of hydrogen-bond donors (Lipinski definition) is 0. The quantitative estimate of drug-likeness (QED) is 0.518. The molecule has 0 spiro atoms. The molecule has 1 aliphatic heterocycles. The number of para-hydroxylation sites is 1. The van der Waals surface area contributed by atoms with Crippen molar-refractivity contribution in [1.82, 2.24) is 0 Å². The zero-order chi connectivity index (χ0) is 9.26. The average molecular weight is 236 g/mol. The maximum Gasteiger partial charge on any atom is 0.153 e. The molecule has 64 valence electrons. The van der Waals surface area contributed by atoms with Gasteiger partial charge in [-0.2, -0.15) is 0 Å². The van der Waals surface area contributed by atoms with Crippen LogP contribution in [0.2, 0.25) is 0 Å². The molecule has 3 heteroatoms. The van der Waals surface area contributed by atoms with Crippen molar-refractivity contribution in [1.29, 1.82) is 0 Å². The molecule has 0 saturated carbocycles. The van der Waals surface area contributed by atoms with Gasteiger partial charge >= 0.3 is 0 Å². The highest BCUT2D eigenvalue weighted by molar-refractivity contribution is 9.09. The van der Waals surface area contributed by atoms with E-state index in [1.807, 2.05) is 30.2 Å². The minimum atomic E-state index is 0.415. The highest BCUT2D eigenvalue weighted by Crippen LogP contribution is 2.12. The first-order valence-electron chi connectivity index (χ1n) is 3.85. The zero-order valence-electron chi connectivity index (χ0n) is 6.75. The fourth-order valence-corrected chi connectivity index (χ4v) is 1.93. The van der Waals surface area contributed by atoms with Gasteiger partial charge in [-0.1, -0.05) is 34.1 Å². The molecule has 0 amide bonds. The van der Waals surface area contributed by atoms with Crippen LogP contribution in [0.3, 0.4) is 0 Å². The molecule has 0 N–H and O–H groups in total. The fraction of sp³-hybridized carbons (Fsp3) is 0.100. The first kappa shape index (κ1) is 8.42. The van der Waals surface area contributed by atoms with Gasteiger partial charge in [-0.25, -0.2) is 9.79 Å². The Bertz CT molecular complexity index is 512. The van der Waals surface area contributed by atoms with Crippen molar-refractivity contribution in [2.45, 2.75) is 0 Å². The lowest BCUT2D eigenvalue weighted by molar-refractivity contribution is 0.567. The fourth-order valence-electron chi connectivity index (χ4n) is 1.36. The third-order valence-corrected chi connectivity index (χ3v) is 2.54. The van der Waals surface area contributed by atoms with Crippen LogP contribution in [0.15, 0.2) is 35.0 Å². The van der Waals surface area contributed by atoms with Gasteiger partial charge in [-0.05, 0) is 6.07 Å². The molecule has 0 aliphatic carbocycles. The maximum absolute atomic E-state index is 10.5. The first-order chi connectivity index (χ1) is 6.36. The van der Waals surface area contributed by atoms with E-state index in [4.69, 9.17) is 0 Å². The molecule has 0 bridgehead atoms. The van der Waals surface area contributed by atoms with Crippen LogP contribution in [-0.4, -0.2) is 11.3 Å². The molecule has 1 aromatic carbocycles. The van der Waals surface area contributed by atoms with E-state index in [2.05, 4.69) is 20.9 Å². The molecule has 13 heavy (non-hydrogen) atoms. The number of hydrogen-bond acceptors (Lipinski definition) is 2. The van der Waals surface area contributed by atoms with Crippen LogP contribution in [0.25, 0.3) is 5.57 Å². The second-order valence-electron chi connectivity index (χ2n) is 2.69. The molecule has 0 saturated heterocycles. The van der Waals surface area contributed by atoms with Gasteiger partial charge in [0.25, 0.3) is 0 Å². The third-order valence-electron chi connectivity index (χ3n) is 1.98. The monoisotopic (exact) mass is 235 g/mol. The van der Waals surface area contributed by atoms with Crippen LogP contribution in [0.5, 0.6) is 0 Å². The molecule has 1 aromatic rings. The second-order valence-corrected chi connectivity index (χ2v) is 3.25. The summed E-state index contributed by atoms with van der Waals surface area (Å²) in [5.41, 5.74) is 1.34. The molecule has 1 heterocycles. The summed E-state index contributed by atoms with van der Waals surface area (Å²) in [5.74, 6) is 1.84. The Morgan fingerprint density at radius 3 is 2.85 bits per heavy atom. The number of nitrogens with zero attached hydrogens (tertiary/aromatic N) is 1. The summed E-state index contributed by atoms with van der Waals surface area (Å²) in [6.45, 7) is 0. The zero-order valence-corrected chi connectivity index (χ0v) is 8.34. The SMILES string of the molecule is O=C=C1N=c2ccccc2=C1CBr. The topological polar surface area (TPSA) is 29.4 Å². The molecular weight excluding hydrogens is 230 g/mol. The molecular formula is C10H6BrNO. The normalized spacial score (nSPS) is 13.6. The van der Waals surface area contributed by atoms with E-state index in [1.54, 1.807) is 0 Å². The third kappa shape index (κ3) is 1.26. The van der Waals surface area contributed by atoms with Gasteiger partial charge in [0.15, 0.2) is 11.6 Å². The number of allylic oxidation sites excluding steroid dienone is 1. The number of carbonyl (C=O) groups excluding carboxylic acids is 1. The highest BCUT2D eigenvalue weighted by Gasteiger charge is 2.11. The van der Waals surface area contributed by atoms with Crippen molar-refractivity contribution in [3.63, 3.8) is 0 Å². The summed E-state index contributed by atoms with van der Waals surface area (Å²) in [4.78, 5) is 14.7. The predicted octanol–water partition coefficient (Wildman–Crippen LogP) is 0.581. The van der Waals surface area contributed by atoms with Crippen molar-refractivity contribution in [2.75, 3.05) is 5.33 Å². The Hall–Kier alpha value is -1.18.